The molecule has 3 fully saturated rings. The van der Waals surface area contributed by atoms with Crippen molar-refractivity contribution in [3.8, 4) is 0 Å². The molecule has 0 bridgehead atoms. The van der Waals surface area contributed by atoms with Gasteiger partial charge in [0.25, 0.3) is 0 Å². The van der Waals surface area contributed by atoms with Gasteiger partial charge in [-0.05, 0) is 31.0 Å². The van der Waals surface area contributed by atoms with Crippen molar-refractivity contribution in [2.24, 2.45) is 5.41 Å². The highest BCUT2D eigenvalue weighted by Crippen LogP contribution is 2.42. The van der Waals surface area contributed by atoms with Gasteiger partial charge < -0.3 is 39.7 Å². The number of ether oxygens (including phenoxy) is 2. The molecule has 5 N–H and O–H groups in total. The Balaban J connectivity index is 1.36. The standard InChI is InChI=1S/C18H26ClN6O7P/c19-17-22-14(24-7-18(8-24)2-1-3-20-6-18)10-4-21-25(15(10)23-17)16-13(27)12(26)11(32-16)5-31-9-33(28,29)30/h4,11-13,16,20,26-27H,1-3,5-9H2,(H2,28,29,30)/t11-,12-,13-,16-/m1/s1. The smallest absolute Gasteiger partial charge is 0.350 e. The molecule has 4 atom stereocenters. The van der Waals surface area contributed by atoms with Crippen LogP contribution in [0.25, 0.3) is 11.0 Å². The van der Waals surface area contributed by atoms with Gasteiger partial charge in [0.2, 0.25) is 5.28 Å². The lowest BCUT2D eigenvalue weighted by atomic mass is 9.74. The van der Waals surface area contributed by atoms with Crippen LogP contribution in [0.3, 0.4) is 0 Å². The number of hydrogen-bond donors (Lipinski definition) is 5. The largest absolute Gasteiger partial charge is 0.387 e. The molecular weight excluding hydrogens is 479 g/mol. The summed E-state index contributed by atoms with van der Waals surface area (Å²) in [6.45, 7) is 3.38. The topological polar surface area (TPSA) is 175 Å². The first kappa shape index (κ1) is 23.3. The quantitative estimate of drug-likeness (QED) is 0.251. The van der Waals surface area contributed by atoms with Crippen molar-refractivity contribution in [1.82, 2.24) is 25.1 Å². The van der Waals surface area contributed by atoms with E-state index in [0.29, 0.717) is 16.9 Å². The highest BCUT2D eigenvalue weighted by atomic mass is 35.5. The van der Waals surface area contributed by atoms with Gasteiger partial charge in [-0.1, -0.05) is 0 Å². The van der Waals surface area contributed by atoms with Crippen LogP contribution in [0.15, 0.2) is 6.20 Å². The zero-order chi connectivity index (χ0) is 23.4. The molecule has 0 radical (unpaired) electrons. The second-order valence-electron chi connectivity index (χ2n) is 8.99. The molecule has 1 spiro atoms. The fourth-order valence-corrected chi connectivity index (χ4v) is 5.39. The van der Waals surface area contributed by atoms with E-state index >= 15 is 0 Å². The molecule has 2 aromatic rings. The summed E-state index contributed by atoms with van der Waals surface area (Å²) in [4.78, 5) is 28.7. The first-order valence-electron chi connectivity index (χ1n) is 10.7. The minimum atomic E-state index is -4.36. The molecule has 15 heteroatoms. The number of nitrogens with zero attached hydrogens (tertiary/aromatic N) is 5. The third-order valence-electron chi connectivity index (χ3n) is 6.44. The van der Waals surface area contributed by atoms with Crippen LogP contribution in [0, 0.1) is 5.41 Å². The van der Waals surface area contributed by atoms with E-state index in [0.717, 1.165) is 39.0 Å². The Kier molecular flexibility index (Phi) is 6.13. The van der Waals surface area contributed by atoms with Gasteiger partial charge in [-0.2, -0.15) is 15.1 Å². The molecule has 0 unspecified atom stereocenters. The van der Waals surface area contributed by atoms with Crippen LogP contribution in [0.4, 0.5) is 5.82 Å². The fourth-order valence-electron chi connectivity index (χ4n) is 4.88. The van der Waals surface area contributed by atoms with E-state index in [1.807, 2.05) is 0 Å². The first-order valence-corrected chi connectivity index (χ1v) is 12.8. The number of aliphatic hydroxyl groups excluding tert-OH is 2. The third kappa shape index (κ3) is 4.49. The van der Waals surface area contributed by atoms with Gasteiger partial charge in [0.05, 0.1) is 18.2 Å². The summed E-state index contributed by atoms with van der Waals surface area (Å²) in [6.07, 6.45) is -1.76. The summed E-state index contributed by atoms with van der Waals surface area (Å²) < 4.78 is 23.0. The molecule has 13 nitrogen and oxygen atoms in total. The molecule has 0 aliphatic carbocycles. The van der Waals surface area contributed by atoms with Gasteiger partial charge in [-0.15, -0.1) is 0 Å². The average molecular weight is 505 g/mol. The zero-order valence-electron chi connectivity index (χ0n) is 17.6. The lowest BCUT2D eigenvalue weighted by Crippen LogP contribution is -2.62. The second-order valence-corrected chi connectivity index (χ2v) is 10.9. The maximum atomic E-state index is 11.0. The van der Waals surface area contributed by atoms with Gasteiger partial charge in [-0.3, -0.25) is 4.57 Å². The van der Waals surface area contributed by atoms with Crippen LogP contribution < -0.4 is 10.2 Å². The van der Waals surface area contributed by atoms with Crippen molar-refractivity contribution >= 4 is 36.0 Å². The van der Waals surface area contributed by atoms with E-state index in [2.05, 4.69) is 25.3 Å². The van der Waals surface area contributed by atoms with Gasteiger partial charge in [0.1, 0.15) is 30.5 Å². The summed E-state index contributed by atoms with van der Waals surface area (Å²) in [7, 11) is -4.36. The summed E-state index contributed by atoms with van der Waals surface area (Å²) >= 11 is 6.22. The zero-order valence-corrected chi connectivity index (χ0v) is 19.3. The van der Waals surface area contributed by atoms with E-state index in [9.17, 15) is 14.8 Å². The molecule has 2 aromatic heterocycles. The predicted octanol–water partition coefficient (Wildman–Crippen LogP) is -0.559. The number of rotatable bonds is 6. The van der Waals surface area contributed by atoms with Crippen molar-refractivity contribution in [2.45, 2.75) is 37.4 Å². The Hall–Kier alpha value is -1.41. The van der Waals surface area contributed by atoms with E-state index in [-0.39, 0.29) is 17.3 Å². The van der Waals surface area contributed by atoms with Crippen LogP contribution in [-0.2, 0) is 14.0 Å². The Bertz CT molecular complexity index is 1070. The fraction of sp³-hybridized carbons (Fsp3) is 0.722. The lowest BCUT2D eigenvalue weighted by Gasteiger charge is -2.53. The van der Waals surface area contributed by atoms with Crippen LogP contribution in [0.1, 0.15) is 19.1 Å². The minimum absolute atomic E-state index is 0.0246. The summed E-state index contributed by atoms with van der Waals surface area (Å²) in [5, 5.41) is 29.3. The Morgan fingerprint density at radius 1 is 1.30 bits per heavy atom. The second kappa shape index (κ2) is 8.67. The Morgan fingerprint density at radius 3 is 2.79 bits per heavy atom. The third-order valence-corrected chi connectivity index (χ3v) is 7.13. The molecule has 3 aliphatic heterocycles. The molecule has 5 heterocycles. The molecule has 0 aromatic carbocycles. The normalized spacial score (nSPS) is 29.7. The monoisotopic (exact) mass is 504 g/mol. The maximum absolute atomic E-state index is 11.0. The Morgan fingerprint density at radius 2 is 2.09 bits per heavy atom. The van der Waals surface area contributed by atoms with Gasteiger partial charge in [-0.25, -0.2) is 4.68 Å². The Labute approximate surface area is 193 Å². The molecule has 0 saturated carbocycles. The van der Waals surface area contributed by atoms with Crippen LogP contribution in [0.2, 0.25) is 5.28 Å². The molecule has 0 amide bonds. The molecule has 182 valence electrons. The number of fused-ring (bicyclic) bond motifs is 1. The average Bonchev–Trinajstić information content (AvgIpc) is 3.27. The maximum Gasteiger partial charge on any atom is 0.350 e. The number of aliphatic hydroxyl groups is 2. The number of hydrogen-bond acceptors (Lipinski definition) is 10. The molecule has 3 saturated heterocycles. The van der Waals surface area contributed by atoms with Crippen molar-refractivity contribution in [1.29, 1.82) is 0 Å². The van der Waals surface area contributed by atoms with E-state index < -0.39 is 38.5 Å². The molecule has 5 rings (SSSR count). The van der Waals surface area contributed by atoms with E-state index in [4.69, 9.17) is 30.9 Å². The van der Waals surface area contributed by atoms with Crippen LogP contribution >= 0.6 is 19.2 Å². The van der Waals surface area contributed by atoms with E-state index in [1.54, 1.807) is 6.20 Å². The first-order chi connectivity index (χ1) is 15.7. The minimum Gasteiger partial charge on any atom is -0.387 e. The SMILES string of the molecule is O=P(O)(O)COC[C@H]1O[C@@H](n2ncc3c(N4CC5(CCCNC5)C4)nc(Cl)nc32)[C@H](O)[C@@H]1O. The van der Waals surface area contributed by atoms with Crippen molar-refractivity contribution in [3.05, 3.63) is 11.5 Å². The van der Waals surface area contributed by atoms with Crippen molar-refractivity contribution in [3.63, 3.8) is 0 Å². The summed E-state index contributed by atoms with van der Waals surface area (Å²) in [6, 6.07) is 0. The highest BCUT2D eigenvalue weighted by molar-refractivity contribution is 7.51. The molecule has 3 aliphatic rings. The number of piperidine rings is 1. The van der Waals surface area contributed by atoms with Gasteiger partial charge in [0.15, 0.2) is 11.9 Å². The van der Waals surface area contributed by atoms with E-state index in [1.165, 1.54) is 4.68 Å². The number of aromatic nitrogens is 4. The number of halogens is 1. The van der Waals surface area contributed by atoms with Gasteiger partial charge in [0, 0.05) is 25.0 Å². The summed E-state index contributed by atoms with van der Waals surface area (Å²) in [5.41, 5.74) is 0.577. The molecule has 33 heavy (non-hydrogen) atoms. The predicted molar refractivity (Wildman–Crippen MR) is 116 cm³/mol. The number of nitrogens with one attached hydrogen (secondary N) is 1. The highest BCUT2D eigenvalue weighted by Gasteiger charge is 2.47. The van der Waals surface area contributed by atoms with Crippen molar-refractivity contribution in [2.75, 3.05) is 44.0 Å². The van der Waals surface area contributed by atoms with Crippen molar-refractivity contribution < 1.29 is 34.0 Å². The van der Waals surface area contributed by atoms with Gasteiger partial charge >= 0.3 is 7.60 Å². The molecular formula is C18H26ClN6O7P. The summed E-state index contributed by atoms with van der Waals surface area (Å²) in [5.74, 6) is 0.655. The van der Waals surface area contributed by atoms with Crippen LogP contribution in [-0.4, -0.2) is 97.2 Å². The van der Waals surface area contributed by atoms with Crippen LogP contribution in [0.5, 0.6) is 0 Å². The lowest BCUT2D eigenvalue weighted by molar-refractivity contribution is -0.0658. The number of anilines is 1.